The molecule has 27 heavy (non-hydrogen) atoms. The lowest BCUT2D eigenvalue weighted by atomic mass is 9.84. The number of alkyl carbamates (subject to hydrolysis) is 1. The van der Waals surface area contributed by atoms with Gasteiger partial charge in [0, 0.05) is 6.04 Å². The molecular formula is C22H42N2O3. The minimum absolute atomic E-state index is 0.0801. The monoisotopic (exact) mass is 382 g/mol. The van der Waals surface area contributed by atoms with Gasteiger partial charge in [-0.3, -0.25) is 4.79 Å². The molecule has 1 rings (SSSR count). The Balaban J connectivity index is 2.61. The summed E-state index contributed by atoms with van der Waals surface area (Å²) in [7, 11) is 0. The molecule has 5 nitrogen and oxygen atoms in total. The van der Waals surface area contributed by atoms with Gasteiger partial charge in [-0.05, 0) is 52.4 Å². The van der Waals surface area contributed by atoms with Gasteiger partial charge in [-0.1, -0.05) is 58.8 Å². The van der Waals surface area contributed by atoms with Gasteiger partial charge in [0.15, 0.2) is 0 Å². The molecule has 1 fully saturated rings. The topological polar surface area (TPSA) is 67.4 Å². The Kier molecular flexibility index (Phi) is 10.2. The van der Waals surface area contributed by atoms with E-state index < -0.39 is 17.7 Å². The predicted octanol–water partition coefficient (Wildman–Crippen LogP) is 5.18. The average molecular weight is 383 g/mol. The van der Waals surface area contributed by atoms with E-state index in [0.29, 0.717) is 18.3 Å². The second-order valence-electron chi connectivity index (χ2n) is 9.67. The Bertz CT molecular complexity index is 451. The lowest BCUT2D eigenvalue weighted by Gasteiger charge is -2.28. The van der Waals surface area contributed by atoms with Gasteiger partial charge in [-0.25, -0.2) is 4.79 Å². The highest BCUT2D eigenvalue weighted by atomic mass is 16.6. The van der Waals surface area contributed by atoms with E-state index in [9.17, 15) is 9.59 Å². The van der Waals surface area contributed by atoms with Crippen LogP contribution in [0, 0.1) is 11.8 Å². The second kappa shape index (κ2) is 11.6. The molecule has 2 atom stereocenters. The quantitative estimate of drug-likeness (QED) is 0.577. The highest BCUT2D eigenvalue weighted by Gasteiger charge is 2.28. The van der Waals surface area contributed by atoms with Crippen molar-refractivity contribution in [2.24, 2.45) is 11.8 Å². The smallest absolute Gasteiger partial charge is 0.408 e. The minimum atomic E-state index is -0.569. The van der Waals surface area contributed by atoms with E-state index in [2.05, 4.69) is 24.5 Å². The van der Waals surface area contributed by atoms with Gasteiger partial charge in [0.05, 0.1) is 0 Å². The van der Waals surface area contributed by atoms with E-state index in [4.69, 9.17) is 4.74 Å². The first kappa shape index (κ1) is 23.8. The number of carbonyl (C=O) groups is 2. The second-order valence-corrected chi connectivity index (χ2v) is 9.67. The minimum Gasteiger partial charge on any atom is -0.444 e. The van der Waals surface area contributed by atoms with Crippen molar-refractivity contribution in [1.82, 2.24) is 10.6 Å². The van der Waals surface area contributed by atoms with Gasteiger partial charge in [0.1, 0.15) is 11.6 Å². The third-order valence-corrected chi connectivity index (χ3v) is 5.11. The molecule has 1 aliphatic carbocycles. The molecule has 0 aromatic rings. The molecule has 5 heteroatoms. The van der Waals surface area contributed by atoms with Gasteiger partial charge in [0.25, 0.3) is 0 Å². The molecule has 0 spiro atoms. The number of rotatable bonds is 9. The first-order valence-corrected chi connectivity index (χ1v) is 10.9. The van der Waals surface area contributed by atoms with E-state index in [-0.39, 0.29) is 11.9 Å². The van der Waals surface area contributed by atoms with Crippen LogP contribution < -0.4 is 10.6 Å². The van der Waals surface area contributed by atoms with Gasteiger partial charge < -0.3 is 15.4 Å². The SMILES string of the molecule is CC(C)CCCC(C)NC(=O)C(CC1CCCCC1)NC(=O)OC(C)(C)C. The molecule has 0 heterocycles. The van der Waals surface area contributed by atoms with Crippen molar-refractivity contribution >= 4 is 12.0 Å². The summed E-state index contributed by atoms with van der Waals surface area (Å²) in [6.45, 7) is 12.0. The zero-order valence-electron chi connectivity index (χ0n) is 18.4. The standard InChI is InChI=1S/C22H42N2O3/c1-16(2)11-10-12-17(3)23-20(25)19(15-18-13-8-7-9-14-18)24-21(26)27-22(4,5)6/h16-19H,7-15H2,1-6H3,(H,23,25)(H,24,26). The van der Waals surface area contributed by atoms with Crippen molar-refractivity contribution in [2.45, 2.75) is 117 Å². The number of amides is 2. The van der Waals surface area contributed by atoms with E-state index >= 15 is 0 Å². The lowest BCUT2D eigenvalue weighted by molar-refractivity contribution is -0.124. The zero-order chi connectivity index (χ0) is 20.4. The first-order valence-electron chi connectivity index (χ1n) is 10.9. The Morgan fingerprint density at radius 2 is 1.63 bits per heavy atom. The third kappa shape index (κ3) is 11.2. The maximum Gasteiger partial charge on any atom is 0.408 e. The molecule has 2 N–H and O–H groups in total. The molecule has 2 unspecified atom stereocenters. The van der Waals surface area contributed by atoms with Crippen LogP contribution in [0.3, 0.4) is 0 Å². The van der Waals surface area contributed by atoms with Crippen LogP contribution in [-0.4, -0.2) is 29.7 Å². The largest absolute Gasteiger partial charge is 0.444 e. The van der Waals surface area contributed by atoms with Crippen LogP contribution in [0.4, 0.5) is 4.79 Å². The molecule has 158 valence electrons. The normalized spacial score (nSPS) is 18.0. The molecule has 0 radical (unpaired) electrons. The molecule has 0 saturated heterocycles. The summed E-state index contributed by atoms with van der Waals surface area (Å²) in [6.07, 6.45) is 9.43. The maximum atomic E-state index is 12.8. The maximum absolute atomic E-state index is 12.8. The molecule has 0 aromatic heterocycles. The van der Waals surface area contributed by atoms with Crippen LogP contribution in [0.5, 0.6) is 0 Å². The molecule has 0 aliphatic heterocycles. The van der Waals surface area contributed by atoms with Crippen molar-refractivity contribution in [3.63, 3.8) is 0 Å². The first-order chi connectivity index (χ1) is 12.6. The summed E-state index contributed by atoms with van der Waals surface area (Å²) in [5.74, 6) is 1.10. The Morgan fingerprint density at radius 1 is 1.00 bits per heavy atom. The van der Waals surface area contributed by atoms with Gasteiger partial charge in [-0.2, -0.15) is 0 Å². The van der Waals surface area contributed by atoms with Crippen molar-refractivity contribution in [3.05, 3.63) is 0 Å². The summed E-state index contributed by atoms with van der Waals surface area (Å²) in [6, 6.07) is -0.402. The van der Waals surface area contributed by atoms with E-state index in [1.165, 1.54) is 25.7 Å². The van der Waals surface area contributed by atoms with Crippen molar-refractivity contribution in [1.29, 1.82) is 0 Å². The summed E-state index contributed by atoms with van der Waals surface area (Å²) < 4.78 is 5.37. The number of ether oxygens (including phenoxy) is 1. The molecule has 1 aliphatic rings. The van der Waals surface area contributed by atoms with Crippen LogP contribution in [0.15, 0.2) is 0 Å². The van der Waals surface area contributed by atoms with Gasteiger partial charge >= 0.3 is 6.09 Å². The third-order valence-electron chi connectivity index (χ3n) is 5.11. The van der Waals surface area contributed by atoms with E-state index in [1.54, 1.807) is 0 Å². The summed E-state index contributed by atoms with van der Waals surface area (Å²) in [4.78, 5) is 25.1. The lowest BCUT2D eigenvalue weighted by Crippen LogP contribution is -2.51. The summed E-state index contributed by atoms with van der Waals surface area (Å²) in [5, 5.41) is 5.93. The Labute approximate surface area is 166 Å². The molecular weight excluding hydrogens is 340 g/mol. The fourth-order valence-corrected chi connectivity index (χ4v) is 3.69. The number of carbonyl (C=O) groups excluding carboxylic acids is 2. The van der Waals surface area contributed by atoms with Crippen LogP contribution in [-0.2, 0) is 9.53 Å². The van der Waals surface area contributed by atoms with Crippen molar-refractivity contribution in [2.75, 3.05) is 0 Å². The molecule has 2 amide bonds. The predicted molar refractivity (Wildman–Crippen MR) is 111 cm³/mol. The van der Waals surface area contributed by atoms with Crippen LogP contribution in [0.1, 0.15) is 99.3 Å². The van der Waals surface area contributed by atoms with Crippen molar-refractivity contribution < 1.29 is 14.3 Å². The molecule has 0 aromatic carbocycles. The number of nitrogens with one attached hydrogen (secondary N) is 2. The summed E-state index contributed by atoms with van der Waals surface area (Å²) >= 11 is 0. The van der Waals surface area contributed by atoms with Crippen LogP contribution in [0.25, 0.3) is 0 Å². The van der Waals surface area contributed by atoms with Crippen molar-refractivity contribution in [3.8, 4) is 0 Å². The highest BCUT2D eigenvalue weighted by molar-refractivity contribution is 5.85. The van der Waals surface area contributed by atoms with Gasteiger partial charge in [-0.15, -0.1) is 0 Å². The average Bonchev–Trinajstić information content (AvgIpc) is 2.53. The summed E-state index contributed by atoms with van der Waals surface area (Å²) in [5.41, 5.74) is -0.569. The van der Waals surface area contributed by atoms with Gasteiger partial charge in [0.2, 0.25) is 5.91 Å². The van der Waals surface area contributed by atoms with Crippen LogP contribution >= 0.6 is 0 Å². The number of hydrogen-bond donors (Lipinski definition) is 2. The number of hydrogen-bond acceptors (Lipinski definition) is 3. The Hall–Kier alpha value is -1.26. The Morgan fingerprint density at radius 3 is 2.19 bits per heavy atom. The highest BCUT2D eigenvalue weighted by Crippen LogP contribution is 2.27. The molecule has 1 saturated carbocycles. The fourth-order valence-electron chi connectivity index (χ4n) is 3.69. The van der Waals surface area contributed by atoms with E-state index in [1.807, 2.05) is 27.7 Å². The zero-order valence-corrected chi connectivity index (χ0v) is 18.4. The fraction of sp³-hybridized carbons (Fsp3) is 0.909. The van der Waals surface area contributed by atoms with E-state index in [0.717, 1.165) is 25.7 Å². The van der Waals surface area contributed by atoms with Crippen LogP contribution in [0.2, 0.25) is 0 Å². The molecule has 0 bridgehead atoms.